The third-order valence-corrected chi connectivity index (χ3v) is 3.65. The van der Waals surface area contributed by atoms with Crippen molar-refractivity contribution in [3.8, 4) is 0 Å². The van der Waals surface area contributed by atoms with E-state index in [-0.39, 0.29) is 18.9 Å². The summed E-state index contributed by atoms with van der Waals surface area (Å²) in [7, 11) is 0. The van der Waals surface area contributed by atoms with E-state index >= 15 is 0 Å². The second-order valence-corrected chi connectivity index (χ2v) is 5.15. The Balaban J connectivity index is 1.97. The molecule has 0 radical (unpaired) electrons. The zero-order valence-electron chi connectivity index (χ0n) is 11.1. The lowest BCUT2D eigenvalue weighted by molar-refractivity contribution is -0.183. The van der Waals surface area contributed by atoms with E-state index in [1.165, 1.54) is 0 Å². The van der Waals surface area contributed by atoms with Gasteiger partial charge in [-0.3, -0.25) is 0 Å². The average molecular weight is 275 g/mol. The maximum Gasteiger partial charge on any atom is 0.391 e. The van der Waals surface area contributed by atoms with Gasteiger partial charge in [-0.1, -0.05) is 6.92 Å². The summed E-state index contributed by atoms with van der Waals surface area (Å²) in [6, 6.07) is -0.126. The second kappa shape index (κ2) is 5.94. The average Bonchev–Trinajstić information content (AvgIpc) is 2.77. The van der Waals surface area contributed by atoms with Gasteiger partial charge in [-0.2, -0.15) is 13.2 Å². The number of aromatic nitrogens is 2. The molecule has 1 aliphatic rings. The molecule has 1 N–H and O–H groups in total. The topological polar surface area (TPSA) is 29.9 Å². The Morgan fingerprint density at radius 3 is 2.95 bits per heavy atom. The van der Waals surface area contributed by atoms with E-state index in [0.717, 1.165) is 18.8 Å². The highest BCUT2D eigenvalue weighted by molar-refractivity contribution is 4.97. The number of aryl methyl sites for hydroxylation is 1. The van der Waals surface area contributed by atoms with Gasteiger partial charge in [0.25, 0.3) is 0 Å². The summed E-state index contributed by atoms with van der Waals surface area (Å²) in [6.07, 6.45) is 1.44. The van der Waals surface area contributed by atoms with E-state index in [4.69, 9.17) is 0 Å². The predicted octanol–water partition coefficient (Wildman–Crippen LogP) is 2.77. The monoisotopic (exact) mass is 275 g/mol. The van der Waals surface area contributed by atoms with Crippen molar-refractivity contribution >= 4 is 0 Å². The van der Waals surface area contributed by atoms with Crippen LogP contribution in [0.25, 0.3) is 0 Å². The Kier molecular flexibility index (Phi) is 4.50. The van der Waals surface area contributed by atoms with Crippen LogP contribution in [0.15, 0.2) is 12.4 Å². The molecule has 0 aromatic carbocycles. The van der Waals surface area contributed by atoms with Crippen molar-refractivity contribution in [3.05, 3.63) is 18.2 Å². The van der Waals surface area contributed by atoms with E-state index in [0.29, 0.717) is 13.0 Å². The quantitative estimate of drug-likeness (QED) is 0.915. The lowest BCUT2D eigenvalue weighted by Crippen LogP contribution is -2.44. The molecule has 1 aromatic rings. The molecule has 1 saturated heterocycles. The number of nitrogens with zero attached hydrogens (tertiary/aromatic N) is 2. The van der Waals surface area contributed by atoms with Gasteiger partial charge in [0.2, 0.25) is 0 Å². The smallest absolute Gasteiger partial charge is 0.335 e. The van der Waals surface area contributed by atoms with Crippen LogP contribution in [0.3, 0.4) is 0 Å². The van der Waals surface area contributed by atoms with Gasteiger partial charge in [0.15, 0.2) is 0 Å². The highest BCUT2D eigenvalue weighted by atomic mass is 19.4. The third-order valence-electron chi connectivity index (χ3n) is 3.65. The molecule has 0 amide bonds. The minimum absolute atomic E-state index is 0.126. The molecule has 0 bridgehead atoms. The fraction of sp³-hybridized carbons (Fsp3) is 0.769. The molecule has 3 nitrogen and oxygen atoms in total. The summed E-state index contributed by atoms with van der Waals surface area (Å²) < 4.78 is 40.3. The number of hydrogen-bond acceptors (Lipinski definition) is 2. The maximum atomic E-state index is 12.7. The minimum atomic E-state index is -4.07. The molecule has 108 valence electrons. The van der Waals surface area contributed by atoms with Gasteiger partial charge in [-0.05, 0) is 25.8 Å². The molecule has 2 unspecified atom stereocenters. The Morgan fingerprint density at radius 1 is 1.47 bits per heavy atom. The first kappa shape index (κ1) is 14.4. The Labute approximate surface area is 111 Å². The van der Waals surface area contributed by atoms with Gasteiger partial charge in [-0.15, -0.1) is 0 Å². The molecule has 2 heterocycles. The van der Waals surface area contributed by atoms with Crippen molar-refractivity contribution in [1.82, 2.24) is 14.9 Å². The van der Waals surface area contributed by atoms with E-state index in [1.807, 2.05) is 10.8 Å². The summed E-state index contributed by atoms with van der Waals surface area (Å²) in [5.74, 6) is -0.296. The molecule has 1 aliphatic heterocycles. The lowest BCUT2D eigenvalue weighted by atomic mass is 9.90. The summed E-state index contributed by atoms with van der Waals surface area (Å²) in [4.78, 5) is 4.26. The van der Waals surface area contributed by atoms with Gasteiger partial charge in [0.1, 0.15) is 5.82 Å². The number of rotatable bonds is 4. The van der Waals surface area contributed by atoms with E-state index in [1.54, 1.807) is 6.20 Å². The first-order chi connectivity index (χ1) is 9.00. The largest absolute Gasteiger partial charge is 0.391 e. The van der Waals surface area contributed by atoms with Crippen LogP contribution < -0.4 is 5.32 Å². The highest BCUT2D eigenvalue weighted by Gasteiger charge is 2.42. The molecule has 0 aliphatic carbocycles. The number of piperidine rings is 1. The van der Waals surface area contributed by atoms with Crippen molar-refractivity contribution in [3.63, 3.8) is 0 Å². The van der Waals surface area contributed by atoms with Crippen molar-refractivity contribution in [1.29, 1.82) is 0 Å². The van der Waals surface area contributed by atoms with Crippen LogP contribution >= 0.6 is 0 Å². The fourth-order valence-electron chi connectivity index (χ4n) is 2.65. The summed E-state index contributed by atoms with van der Waals surface area (Å²) in [5, 5.41) is 3.18. The van der Waals surface area contributed by atoms with Crippen LogP contribution in [0.1, 0.15) is 32.0 Å². The molecule has 1 fully saturated rings. The maximum absolute atomic E-state index is 12.7. The lowest BCUT2D eigenvalue weighted by Gasteiger charge is -2.31. The summed E-state index contributed by atoms with van der Waals surface area (Å²) >= 11 is 0. The molecule has 0 spiro atoms. The molecule has 1 aromatic heterocycles. The van der Waals surface area contributed by atoms with Gasteiger partial charge >= 0.3 is 6.18 Å². The highest BCUT2D eigenvalue weighted by Crippen LogP contribution is 2.34. The molecule has 0 saturated carbocycles. The Bertz CT molecular complexity index is 400. The summed E-state index contributed by atoms with van der Waals surface area (Å²) in [6.45, 7) is 3.37. The predicted molar refractivity (Wildman–Crippen MR) is 66.8 cm³/mol. The Morgan fingerprint density at radius 2 is 2.26 bits per heavy atom. The first-order valence-corrected chi connectivity index (χ1v) is 6.80. The third kappa shape index (κ3) is 3.72. The molecule has 2 rings (SSSR count). The zero-order chi connectivity index (χ0) is 13.9. The van der Waals surface area contributed by atoms with Gasteiger partial charge in [0.05, 0.1) is 5.92 Å². The zero-order valence-corrected chi connectivity index (χ0v) is 11.1. The number of nitrogens with one attached hydrogen (secondary N) is 1. The van der Waals surface area contributed by atoms with Gasteiger partial charge < -0.3 is 9.88 Å². The molecular formula is C13H20F3N3. The number of alkyl halides is 3. The van der Waals surface area contributed by atoms with Gasteiger partial charge in [0, 0.05) is 31.4 Å². The van der Waals surface area contributed by atoms with E-state index < -0.39 is 12.1 Å². The Hall–Kier alpha value is -1.04. The first-order valence-electron chi connectivity index (χ1n) is 6.80. The van der Waals surface area contributed by atoms with Crippen molar-refractivity contribution < 1.29 is 13.2 Å². The molecule has 19 heavy (non-hydrogen) atoms. The van der Waals surface area contributed by atoms with Crippen LogP contribution in [0.4, 0.5) is 13.2 Å². The number of halogens is 3. The van der Waals surface area contributed by atoms with Crippen LogP contribution in [0.2, 0.25) is 0 Å². The van der Waals surface area contributed by atoms with Crippen LogP contribution in [-0.2, 0) is 13.0 Å². The van der Waals surface area contributed by atoms with Crippen LogP contribution in [-0.4, -0.2) is 28.3 Å². The van der Waals surface area contributed by atoms with Crippen molar-refractivity contribution in [2.75, 3.05) is 6.54 Å². The molecular weight excluding hydrogens is 255 g/mol. The minimum Gasteiger partial charge on any atom is -0.335 e. The number of imidazole rings is 1. The standard InChI is InChI=1S/C13H20F3N3/c1-2-6-19-7-5-18-12(19)9-11-8-10(3-4-17-11)13(14,15)16/h5,7,10-11,17H,2-4,6,8-9H2,1H3. The molecule has 6 heteroatoms. The summed E-state index contributed by atoms with van der Waals surface area (Å²) in [5.41, 5.74) is 0. The fourth-order valence-corrected chi connectivity index (χ4v) is 2.65. The van der Waals surface area contributed by atoms with Gasteiger partial charge in [-0.25, -0.2) is 4.98 Å². The van der Waals surface area contributed by atoms with Crippen LogP contribution in [0, 0.1) is 5.92 Å². The van der Waals surface area contributed by atoms with E-state index in [2.05, 4.69) is 17.2 Å². The second-order valence-electron chi connectivity index (χ2n) is 5.15. The SMILES string of the molecule is CCCn1ccnc1CC1CC(C(F)(F)F)CCN1. The van der Waals surface area contributed by atoms with Crippen molar-refractivity contribution in [2.24, 2.45) is 5.92 Å². The molecule has 2 atom stereocenters. The van der Waals surface area contributed by atoms with Crippen molar-refractivity contribution in [2.45, 2.75) is 51.4 Å². The normalized spacial score (nSPS) is 24.6. The van der Waals surface area contributed by atoms with E-state index in [9.17, 15) is 13.2 Å². The number of hydrogen-bond donors (Lipinski definition) is 1. The van der Waals surface area contributed by atoms with Crippen LogP contribution in [0.5, 0.6) is 0 Å².